The number of anilines is 1. The number of benzene rings is 1. The Hall–Kier alpha value is -1.48. The van der Waals surface area contributed by atoms with E-state index in [4.69, 9.17) is 17.3 Å². The van der Waals surface area contributed by atoms with Crippen molar-refractivity contribution in [3.05, 3.63) is 40.7 Å². The molecule has 0 saturated carbocycles. The lowest BCUT2D eigenvalue weighted by molar-refractivity contribution is 1.07. The van der Waals surface area contributed by atoms with Crippen molar-refractivity contribution in [3.8, 4) is 5.69 Å². The molecule has 1 aromatic carbocycles. The topological polar surface area (TPSA) is 43.8 Å². The van der Waals surface area contributed by atoms with Gasteiger partial charge in [-0.3, -0.25) is 4.57 Å². The lowest BCUT2D eigenvalue weighted by Crippen LogP contribution is -2.00. The molecule has 0 bridgehead atoms. The maximum atomic E-state index is 6.14. The molecule has 0 radical (unpaired) electrons. The molecule has 0 spiro atoms. The van der Waals surface area contributed by atoms with Gasteiger partial charge in [0.2, 0.25) is 5.95 Å². The van der Waals surface area contributed by atoms with Crippen LogP contribution in [-0.2, 0) is 0 Å². The van der Waals surface area contributed by atoms with Crippen LogP contribution >= 0.6 is 11.6 Å². The van der Waals surface area contributed by atoms with Gasteiger partial charge in [-0.05, 0) is 31.5 Å². The molecular weight excluding hydrogens is 210 g/mol. The molecular formula is C11H12ClN3. The third-order valence-electron chi connectivity index (χ3n) is 2.22. The van der Waals surface area contributed by atoms with E-state index in [1.54, 1.807) is 4.57 Å². The average molecular weight is 222 g/mol. The lowest BCUT2D eigenvalue weighted by Gasteiger charge is -2.07. The van der Waals surface area contributed by atoms with E-state index in [1.807, 2.05) is 38.2 Å². The van der Waals surface area contributed by atoms with E-state index in [0.717, 1.165) is 16.9 Å². The van der Waals surface area contributed by atoms with Gasteiger partial charge in [0.15, 0.2) is 0 Å². The normalized spacial score (nSPS) is 10.6. The van der Waals surface area contributed by atoms with Gasteiger partial charge in [0, 0.05) is 6.20 Å². The Balaban J connectivity index is 2.59. The van der Waals surface area contributed by atoms with Crippen molar-refractivity contribution in [1.29, 1.82) is 0 Å². The SMILES string of the molecule is Cc1ccc(-n2cc(C)nc2N)c(Cl)c1. The number of rotatable bonds is 1. The number of hydrogen-bond acceptors (Lipinski definition) is 2. The minimum atomic E-state index is 0.457. The Labute approximate surface area is 93.5 Å². The first-order valence-corrected chi connectivity index (χ1v) is 5.03. The Morgan fingerprint density at radius 2 is 2.07 bits per heavy atom. The van der Waals surface area contributed by atoms with Crippen molar-refractivity contribution in [3.63, 3.8) is 0 Å². The minimum absolute atomic E-state index is 0.457. The summed E-state index contributed by atoms with van der Waals surface area (Å²) in [4.78, 5) is 4.13. The number of nitrogens with two attached hydrogens (primary N) is 1. The number of imidazole rings is 1. The summed E-state index contributed by atoms with van der Waals surface area (Å²) in [6.45, 7) is 3.90. The van der Waals surface area contributed by atoms with Crippen molar-refractivity contribution in [1.82, 2.24) is 9.55 Å². The first kappa shape index (κ1) is 10.1. The van der Waals surface area contributed by atoms with Crippen molar-refractivity contribution in [2.24, 2.45) is 0 Å². The molecule has 2 N–H and O–H groups in total. The van der Waals surface area contributed by atoms with E-state index in [1.165, 1.54) is 0 Å². The molecule has 2 rings (SSSR count). The molecule has 0 unspecified atom stereocenters. The van der Waals surface area contributed by atoms with E-state index in [0.29, 0.717) is 11.0 Å². The van der Waals surface area contributed by atoms with Crippen LogP contribution in [0.2, 0.25) is 5.02 Å². The van der Waals surface area contributed by atoms with Crippen LogP contribution in [0.4, 0.5) is 5.95 Å². The van der Waals surface area contributed by atoms with E-state index in [2.05, 4.69) is 4.98 Å². The number of nitrogen functional groups attached to an aromatic ring is 1. The summed E-state index contributed by atoms with van der Waals surface area (Å²) < 4.78 is 1.79. The first-order chi connectivity index (χ1) is 7.08. The van der Waals surface area contributed by atoms with Crippen molar-refractivity contribution in [2.75, 3.05) is 5.73 Å². The van der Waals surface area contributed by atoms with Crippen LogP contribution in [-0.4, -0.2) is 9.55 Å². The summed E-state index contributed by atoms with van der Waals surface area (Å²) in [7, 11) is 0. The second kappa shape index (κ2) is 3.59. The monoisotopic (exact) mass is 221 g/mol. The molecule has 3 nitrogen and oxygen atoms in total. The molecule has 2 aromatic rings. The van der Waals surface area contributed by atoms with E-state index < -0.39 is 0 Å². The lowest BCUT2D eigenvalue weighted by atomic mass is 10.2. The van der Waals surface area contributed by atoms with Gasteiger partial charge in [0.25, 0.3) is 0 Å². The summed E-state index contributed by atoms with van der Waals surface area (Å²) in [5, 5.41) is 0.680. The summed E-state index contributed by atoms with van der Waals surface area (Å²) >= 11 is 6.14. The predicted octanol–water partition coefficient (Wildman–Crippen LogP) is 2.72. The third kappa shape index (κ3) is 1.83. The Morgan fingerprint density at radius 3 is 2.60 bits per heavy atom. The van der Waals surface area contributed by atoms with Gasteiger partial charge in [-0.15, -0.1) is 0 Å². The van der Waals surface area contributed by atoms with Gasteiger partial charge >= 0.3 is 0 Å². The van der Waals surface area contributed by atoms with Crippen LogP contribution in [0, 0.1) is 13.8 Å². The standard InChI is InChI=1S/C11H12ClN3/c1-7-3-4-10(9(12)5-7)15-6-8(2)14-11(15)13/h3-6H,1-2H3,(H2,13,14). The molecule has 78 valence electrons. The summed E-state index contributed by atoms with van der Waals surface area (Å²) in [6.07, 6.45) is 1.87. The quantitative estimate of drug-likeness (QED) is 0.805. The molecule has 0 aliphatic rings. The zero-order valence-corrected chi connectivity index (χ0v) is 9.42. The molecule has 15 heavy (non-hydrogen) atoms. The number of aromatic nitrogens is 2. The first-order valence-electron chi connectivity index (χ1n) is 4.66. The zero-order valence-electron chi connectivity index (χ0n) is 8.66. The van der Waals surface area contributed by atoms with Crippen molar-refractivity contribution in [2.45, 2.75) is 13.8 Å². The fourth-order valence-corrected chi connectivity index (χ4v) is 1.84. The van der Waals surface area contributed by atoms with Crippen LogP contribution in [0.1, 0.15) is 11.3 Å². The fraction of sp³-hybridized carbons (Fsp3) is 0.182. The van der Waals surface area contributed by atoms with Crippen LogP contribution in [0.15, 0.2) is 24.4 Å². The second-order valence-electron chi connectivity index (χ2n) is 3.57. The van der Waals surface area contributed by atoms with E-state index >= 15 is 0 Å². The number of aryl methyl sites for hydroxylation is 2. The van der Waals surface area contributed by atoms with Crippen molar-refractivity contribution < 1.29 is 0 Å². The third-order valence-corrected chi connectivity index (χ3v) is 2.52. The Kier molecular flexibility index (Phi) is 2.40. The summed E-state index contributed by atoms with van der Waals surface area (Å²) in [6, 6.07) is 5.84. The molecule has 4 heteroatoms. The van der Waals surface area contributed by atoms with Crippen LogP contribution in [0.5, 0.6) is 0 Å². The van der Waals surface area contributed by atoms with Crippen molar-refractivity contribution >= 4 is 17.5 Å². The van der Waals surface area contributed by atoms with E-state index in [-0.39, 0.29) is 0 Å². The van der Waals surface area contributed by atoms with Gasteiger partial charge in [-0.25, -0.2) is 4.98 Å². The fourth-order valence-electron chi connectivity index (χ4n) is 1.52. The molecule has 0 aliphatic carbocycles. The van der Waals surface area contributed by atoms with Crippen LogP contribution in [0.25, 0.3) is 5.69 Å². The van der Waals surface area contributed by atoms with Gasteiger partial charge in [0.05, 0.1) is 16.4 Å². The Bertz CT molecular complexity index is 503. The van der Waals surface area contributed by atoms with Gasteiger partial charge < -0.3 is 5.73 Å². The van der Waals surface area contributed by atoms with Crippen LogP contribution < -0.4 is 5.73 Å². The molecule has 0 fully saturated rings. The highest BCUT2D eigenvalue weighted by Crippen LogP contribution is 2.24. The molecule has 0 atom stereocenters. The highest BCUT2D eigenvalue weighted by atomic mass is 35.5. The summed E-state index contributed by atoms with van der Waals surface area (Å²) in [5.41, 5.74) is 8.64. The van der Waals surface area contributed by atoms with E-state index in [9.17, 15) is 0 Å². The predicted molar refractivity (Wildman–Crippen MR) is 62.5 cm³/mol. The van der Waals surface area contributed by atoms with Crippen LogP contribution in [0.3, 0.4) is 0 Å². The highest BCUT2D eigenvalue weighted by molar-refractivity contribution is 6.32. The minimum Gasteiger partial charge on any atom is -0.369 e. The average Bonchev–Trinajstić information content (AvgIpc) is 2.45. The smallest absolute Gasteiger partial charge is 0.205 e. The zero-order chi connectivity index (χ0) is 11.0. The number of nitrogens with zero attached hydrogens (tertiary/aromatic N) is 2. The number of halogens is 1. The molecule has 0 amide bonds. The van der Waals surface area contributed by atoms with Gasteiger partial charge in [0.1, 0.15) is 0 Å². The molecule has 0 saturated heterocycles. The highest BCUT2D eigenvalue weighted by Gasteiger charge is 2.07. The molecule has 1 heterocycles. The second-order valence-corrected chi connectivity index (χ2v) is 3.97. The summed E-state index contributed by atoms with van der Waals surface area (Å²) in [5.74, 6) is 0.457. The molecule has 0 aliphatic heterocycles. The van der Waals surface area contributed by atoms with Gasteiger partial charge in [-0.1, -0.05) is 17.7 Å². The largest absolute Gasteiger partial charge is 0.369 e. The number of hydrogen-bond donors (Lipinski definition) is 1. The maximum absolute atomic E-state index is 6.14. The van der Waals surface area contributed by atoms with Gasteiger partial charge in [-0.2, -0.15) is 0 Å². The molecule has 1 aromatic heterocycles. The Morgan fingerprint density at radius 1 is 1.33 bits per heavy atom. The maximum Gasteiger partial charge on any atom is 0.205 e.